The van der Waals surface area contributed by atoms with E-state index in [1.54, 1.807) is 0 Å². The fourth-order valence-electron chi connectivity index (χ4n) is 2.67. The molecule has 1 aromatic heterocycles. The number of carbonyl (C=O) groups is 1. The maximum Gasteiger partial charge on any atom is 0.307 e. The molecule has 5 nitrogen and oxygen atoms in total. The Hall–Kier alpha value is -1.95. The lowest BCUT2D eigenvalue weighted by atomic mass is 10.1. The third kappa shape index (κ3) is 2.19. The van der Waals surface area contributed by atoms with Crippen LogP contribution in [-0.2, 0) is 4.79 Å². The number of carboxylic acid groups (broad SMARTS) is 1. The van der Waals surface area contributed by atoms with E-state index in [2.05, 4.69) is 10.1 Å². The third-order valence-corrected chi connectivity index (χ3v) is 4.27. The van der Waals surface area contributed by atoms with Crippen LogP contribution in [-0.4, -0.2) is 21.2 Å². The number of aromatic nitrogens is 2. The Balaban J connectivity index is 1.91. The third-order valence-electron chi connectivity index (χ3n) is 3.98. The molecule has 2 unspecified atom stereocenters. The SMILES string of the molecule is CC1(C)C(C(=O)O)C1c1nc(-c2ccc(F)c(Cl)c2)no1. The highest BCUT2D eigenvalue weighted by Gasteiger charge is 2.65. The van der Waals surface area contributed by atoms with Crippen LogP contribution in [0, 0.1) is 17.2 Å². The zero-order valence-electron chi connectivity index (χ0n) is 11.3. The van der Waals surface area contributed by atoms with Crippen molar-refractivity contribution in [2.75, 3.05) is 0 Å². The molecule has 3 rings (SSSR count). The first kappa shape index (κ1) is 14.0. The van der Waals surface area contributed by atoms with Crippen LogP contribution in [0.3, 0.4) is 0 Å². The van der Waals surface area contributed by atoms with Crippen molar-refractivity contribution >= 4 is 17.6 Å². The van der Waals surface area contributed by atoms with Crippen LogP contribution >= 0.6 is 11.6 Å². The number of halogens is 2. The fourth-order valence-corrected chi connectivity index (χ4v) is 2.85. The molecular formula is C14H12ClFN2O3. The summed E-state index contributed by atoms with van der Waals surface area (Å²) >= 11 is 5.72. The minimum atomic E-state index is -0.880. The molecule has 0 bridgehead atoms. The van der Waals surface area contributed by atoms with Gasteiger partial charge in [0.05, 0.1) is 16.9 Å². The normalized spacial score (nSPS) is 23.0. The van der Waals surface area contributed by atoms with Crippen LogP contribution in [0.5, 0.6) is 0 Å². The van der Waals surface area contributed by atoms with Crippen molar-refractivity contribution in [3.63, 3.8) is 0 Å². The molecule has 2 atom stereocenters. The highest BCUT2D eigenvalue weighted by molar-refractivity contribution is 6.31. The zero-order valence-corrected chi connectivity index (χ0v) is 12.1. The Bertz CT molecular complexity index is 729. The minimum Gasteiger partial charge on any atom is -0.481 e. The summed E-state index contributed by atoms with van der Waals surface area (Å²) in [7, 11) is 0. The van der Waals surface area contributed by atoms with Gasteiger partial charge in [0.25, 0.3) is 0 Å². The van der Waals surface area contributed by atoms with Crippen LogP contribution in [0.4, 0.5) is 4.39 Å². The monoisotopic (exact) mass is 310 g/mol. The average Bonchev–Trinajstić information content (AvgIpc) is 2.78. The summed E-state index contributed by atoms with van der Waals surface area (Å²) in [5.41, 5.74) is 0.0949. The van der Waals surface area contributed by atoms with Gasteiger partial charge in [0, 0.05) is 5.56 Å². The van der Waals surface area contributed by atoms with Gasteiger partial charge in [-0.2, -0.15) is 4.98 Å². The van der Waals surface area contributed by atoms with Gasteiger partial charge in [-0.25, -0.2) is 4.39 Å². The molecule has 1 heterocycles. The molecule has 2 aromatic rings. The standard InChI is InChI=1S/C14H12ClFN2O3/c1-14(2)9(10(14)13(19)20)12-17-11(18-21-12)6-3-4-8(16)7(15)5-6/h3-5,9-10H,1-2H3,(H,19,20). The van der Waals surface area contributed by atoms with Crippen LogP contribution in [0.2, 0.25) is 5.02 Å². The molecule has 7 heteroatoms. The predicted molar refractivity (Wildman–Crippen MR) is 72.3 cm³/mol. The van der Waals surface area contributed by atoms with Gasteiger partial charge in [0.1, 0.15) is 5.82 Å². The van der Waals surface area contributed by atoms with E-state index in [4.69, 9.17) is 21.2 Å². The Morgan fingerprint density at radius 1 is 1.48 bits per heavy atom. The molecule has 1 N–H and O–H groups in total. The lowest BCUT2D eigenvalue weighted by Crippen LogP contribution is -2.03. The maximum atomic E-state index is 13.1. The van der Waals surface area contributed by atoms with Gasteiger partial charge in [-0.3, -0.25) is 4.79 Å². The number of hydrogen-bond acceptors (Lipinski definition) is 4. The molecule has 1 aliphatic rings. The van der Waals surface area contributed by atoms with Crippen molar-refractivity contribution in [1.29, 1.82) is 0 Å². The Morgan fingerprint density at radius 3 is 2.76 bits per heavy atom. The second kappa shape index (κ2) is 4.53. The van der Waals surface area contributed by atoms with Gasteiger partial charge in [0.2, 0.25) is 11.7 Å². The molecule has 21 heavy (non-hydrogen) atoms. The highest BCUT2D eigenvalue weighted by Crippen LogP contribution is 2.64. The smallest absolute Gasteiger partial charge is 0.307 e. The van der Waals surface area contributed by atoms with Crippen LogP contribution in [0.1, 0.15) is 25.7 Å². The summed E-state index contributed by atoms with van der Waals surface area (Å²) in [5.74, 6) is -1.72. The lowest BCUT2D eigenvalue weighted by Gasteiger charge is -1.97. The molecule has 1 aliphatic carbocycles. The summed E-state index contributed by atoms with van der Waals surface area (Å²) in [6, 6.07) is 4.11. The van der Waals surface area contributed by atoms with E-state index in [1.165, 1.54) is 18.2 Å². The zero-order chi connectivity index (χ0) is 15.4. The van der Waals surface area contributed by atoms with E-state index in [0.717, 1.165) is 0 Å². The van der Waals surface area contributed by atoms with E-state index in [1.807, 2.05) is 13.8 Å². The number of benzene rings is 1. The first-order valence-corrected chi connectivity index (χ1v) is 6.72. The molecule has 0 aliphatic heterocycles. The van der Waals surface area contributed by atoms with E-state index in [-0.39, 0.29) is 22.7 Å². The van der Waals surface area contributed by atoms with E-state index >= 15 is 0 Å². The highest BCUT2D eigenvalue weighted by atomic mass is 35.5. The molecule has 0 saturated heterocycles. The molecule has 1 saturated carbocycles. The predicted octanol–water partition coefficient (Wildman–Crippen LogP) is 3.35. The number of rotatable bonds is 3. The second-order valence-corrected chi connectivity index (χ2v) is 6.11. The van der Waals surface area contributed by atoms with Crippen molar-refractivity contribution in [1.82, 2.24) is 10.1 Å². The summed E-state index contributed by atoms with van der Waals surface area (Å²) in [4.78, 5) is 15.4. The first-order valence-electron chi connectivity index (χ1n) is 6.34. The van der Waals surface area contributed by atoms with Gasteiger partial charge in [-0.05, 0) is 23.6 Å². The van der Waals surface area contributed by atoms with Crippen molar-refractivity contribution < 1.29 is 18.8 Å². The van der Waals surface area contributed by atoms with Gasteiger partial charge >= 0.3 is 5.97 Å². The molecule has 0 radical (unpaired) electrons. The fraction of sp³-hybridized carbons (Fsp3) is 0.357. The molecule has 0 spiro atoms. The lowest BCUT2D eigenvalue weighted by molar-refractivity contribution is -0.139. The van der Waals surface area contributed by atoms with E-state index < -0.39 is 23.1 Å². The van der Waals surface area contributed by atoms with Crippen molar-refractivity contribution in [3.8, 4) is 11.4 Å². The Kier molecular flexibility index (Phi) is 3.02. The van der Waals surface area contributed by atoms with Crippen molar-refractivity contribution in [2.24, 2.45) is 11.3 Å². The number of nitrogens with zero attached hydrogens (tertiary/aromatic N) is 2. The quantitative estimate of drug-likeness (QED) is 0.940. The van der Waals surface area contributed by atoms with Crippen LogP contribution < -0.4 is 0 Å². The van der Waals surface area contributed by atoms with E-state index in [9.17, 15) is 9.18 Å². The van der Waals surface area contributed by atoms with Gasteiger partial charge in [-0.15, -0.1) is 0 Å². The Labute approximate surface area is 124 Å². The largest absolute Gasteiger partial charge is 0.481 e. The summed E-state index contributed by atoms with van der Waals surface area (Å²) in [5, 5.41) is 12.9. The molecule has 1 fully saturated rings. The number of aliphatic carboxylic acids is 1. The molecule has 1 aromatic carbocycles. The second-order valence-electron chi connectivity index (χ2n) is 5.70. The summed E-state index contributed by atoms with van der Waals surface area (Å²) in [6.07, 6.45) is 0. The number of carboxylic acids is 1. The summed E-state index contributed by atoms with van der Waals surface area (Å²) < 4.78 is 18.3. The van der Waals surface area contributed by atoms with Crippen LogP contribution in [0.15, 0.2) is 22.7 Å². The number of hydrogen-bond donors (Lipinski definition) is 1. The summed E-state index contributed by atoms with van der Waals surface area (Å²) in [6.45, 7) is 3.68. The first-order chi connectivity index (χ1) is 9.82. The van der Waals surface area contributed by atoms with Crippen LogP contribution in [0.25, 0.3) is 11.4 Å². The van der Waals surface area contributed by atoms with Gasteiger partial charge < -0.3 is 9.63 Å². The van der Waals surface area contributed by atoms with Crippen molar-refractivity contribution in [2.45, 2.75) is 19.8 Å². The molecule has 110 valence electrons. The van der Waals surface area contributed by atoms with Gasteiger partial charge in [0.15, 0.2) is 0 Å². The Morgan fingerprint density at radius 2 is 2.19 bits per heavy atom. The topological polar surface area (TPSA) is 76.2 Å². The van der Waals surface area contributed by atoms with Gasteiger partial charge in [-0.1, -0.05) is 30.6 Å². The van der Waals surface area contributed by atoms with Crippen molar-refractivity contribution in [3.05, 3.63) is 34.9 Å². The molecular weight excluding hydrogens is 299 g/mol. The van der Waals surface area contributed by atoms with E-state index in [0.29, 0.717) is 5.56 Å². The molecule has 0 amide bonds. The average molecular weight is 311 g/mol. The maximum absolute atomic E-state index is 13.1. The minimum absolute atomic E-state index is 0.0333.